The zero-order chi connectivity index (χ0) is 21.2. The van der Waals surface area contributed by atoms with Gasteiger partial charge in [-0.25, -0.2) is 4.98 Å². The van der Waals surface area contributed by atoms with Crippen LogP contribution in [0.2, 0.25) is 0 Å². The summed E-state index contributed by atoms with van der Waals surface area (Å²) < 4.78 is 0. The second kappa shape index (κ2) is 7.89. The van der Waals surface area contributed by atoms with E-state index in [1.165, 1.54) is 0 Å². The first-order valence-electron chi connectivity index (χ1n) is 10.2. The molecule has 4 aromatic rings. The van der Waals surface area contributed by atoms with E-state index in [4.69, 9.17) is 4.98 Å². The third kappa shape index (κ3) is 3.47. The van der Waals surface area contributed by atoms with Gasteiger partial charge in [-0.05, 0) is 23.8 Å². The third-order valence-electron chi connectivity index (χ3n) is 5.60. The van der Waals surface area contributed by atoms with E-state index >= 15 is 0 Å². The van der Waals surface area contributed by atoms with Crippen LogP contribution in [0.5, 0.6) is 0 Å². The van der Waals surface area contributed by atoms with Crippen molar-refractivity contribution in [1.29, 1.82) is 5.26 Å². The summed E-state index contributed by atoms with van der Waals surface area (Å²) in [6.45, 7) is 0.191. The highest BCUT2D eigenvalue weighted by atomic mass is 16.1. The molecule has 0 bridgehead atoms. The van der Waals surface area contributed by atoms with Gasteiger partial charge in [0.2, 0.25) is 0 Å². The van der Waals surface area contributed by atoms with E-state index in [9.17, 15) is 10.1 Å². The lowest BCUT2D eigenvalue weighted by Gasteiger charge is -2.31. The molecule has 1 aliphatic rings. The number of aromatic nitrogens is 1. The maximum atomic E-state index is 12.9. The van der Waals surface area contributed by atoms with Crippen LogP contribution >= 0.6 is 0 Å². The Morgan fingerprint density at radius 1 is 0.903 bits per heavy atom. The summed E-state index contributed by atoms with van der Waals surface area (Å²) in [5.74, 6) is -0.430. The van der Waals surface area contributed by atoms with Gasteiger partial charge in [0, 0.05) is 28.4 Å². The van der Waals surface area contributed by atoms with Crippen molar-refractivity contribution < 1.29 is 4.79 Å². The Hall–Kier alpha value is -4.23. The van der Waals surface area contributed by atoms with Crippen LogP contribution < -0.4 is 4.90 Å². The Morgan fingerprint density at radius 3 is 2.48 bits per heavy atom. The first kappa shape index (κ1) is 18.8. The summed E-state index contributed by atoms with van der Waals surface area (Å²) in [5.41, 5.74) is 4.86. The first-order valence-corrected chi connectivity index (χ1v) is 10.2. The van der Waals surface area contributed by atoms with Crippen molar-refractivity contribution in [3.63, 3.8) is 0 Å². The van der Waals surface area contributed by atoms with Crippen molar-refractivity contribution in [2.75, 3.05) is 11.4 Å². The fourth-order valence-corrected chi connectivity index (χ4v) is 4.05. The summed E-state index contributed by atoms with van der Waals surface area (Å²) >= 11 is 0. The molecular weight excluding hydrogens is 382 g/mol. The predicted molar refractivity (Wildman–Crippen MR) is 123 cm³/mol. The zero-order valence-electron chi connectivity index (χ0n) is 16.8. The number of ketones is 1. The monoisotopic (exact) mass is 401 g/mol. The standard InChI is InChI=1S/C27H19N3O/c28-16-22-21-11-5-7-13-26(21)30(18-27(31)20-9-2-1-3-10-20)17-23(22)25-15-14-19-8-4-6-12-24(19)29-25/h1-15,17,22H,18H2. The number of benzene rings is 3. The summed E-state index contributed by atoms with van der Waals surface area (Å²) in [6, 6.07) is 31.4. The summed E-state index contributed by atoms with van der Waals surface area (Å²) in [4.78, 5) is 19.7. The van der Waals surface area contributed by atoms with E-state index in [2.05, 4.69) is 6.07 Å². The minimum atomic E-state index is -0.451. The van der Waals surface area contributed by atoms with Crippen molar-refractivity contribution in [2.24, 2.45) is 0 Å². The molecule has 1 aliphatic heterocycles. The average Bonchev–Trinajstić information content (AvgIpc) is 2.84. The number of hydrogen-bond donors (Lipinski definition) is 0. The van der Waals surface area contributed by atoms with Crippen LogP contribution in [-0.4, -0.2) is 17.3 Å². The molecule has 1 unspecified atom stereocenters. The fourth-order valence-electron chi connectivity index (χ4n) is 4.05. The lowest BCUT2D eigenvalue weighted by Crippen LogP contribution is -2.29. The molecule has 0 saturated heterocycles. The average molecular weight is 401 g/mol. The molecule has 4 nitrogen and oxygen atoms in total. The number of hydrogen-bond acceptors (Lipinski definition) is 4. The Morgan fingerprint density at radius 2 is 1.65 bits per heavy atom. The molecule has 0 spiro atoms. The minimum Gasteiger partial charge on any atom is -0.339 e. The smallest absolute Gasteiger partial charge is 0.182 e. The molecule has 0 saturated carbocycles. The highest BCUT2D eigenvalue weighted by Gasteiger charge is 2.29. The van der Waals surface area contributed by atoms with E-state index in [1.807, 2.05) is 102 Å². The summed E-state index contributed by atoms with van der Waals surface area (Å²) in [7, 11) is 0. The van der Waals surface area contributed by atoms with Crippen molar-refractivity contribution in [3.05, 3.63) is 114 Å². The van der Waals surface area contributed by atoms with Crippen LogP contribution in [0, 0.1) is 11.3 Å². The zero-order valence-corrected chi connectivity index (χ0v) is 16.8. The van der Waals surface area contributed by atoms with E-state index in [0.717, 1.165) is 33.4 Å². The Bertz CT molecular complexity index is 1350. The van der Waals surface area contributed by atoms with Crippen LogP contribution in [0.1, 0.15) is 27.5 Å². The van der Waals surface area contributed by atoms with Gasteiger partial charge in [-0.15, -0.1) is 0 Å². The van der Waals surface area contributed by atoms with Crippen LogP contribution in [0.3, 0.4) is 0 Å². The number of nitriles is 1. The van der Waals surface area contributed by atoms with E-state index in [-0.39, 0.29) is 12.3 Å². The largest absolute Gasteiger partial charge is 0.339 e. The van der Waals surface area contributed by atoms with Gasteiger partial charge in [0.1, 0.15) is 5.92 Å². The molecule has 0 N–H and O–H groups in total. The van der Waals surface area contributed by atoms with Gasteiger partial charge in [0.15, 0.2) is 5.78 Å². The fraction of sp³-hybridized carbons (Fsp3) is 0.0741. The normalized spacial score (nSPS) is 15.1. The van der Waals surface area contributed by atoms with Crippen LogP contribution in [0.15, 0.2) is 97.2 Å². The second-order valence-corrected chi connectivity index (χ2v) is 7.51. The molecule has 0 aliphatic carbocycles. The number of para-hydroxylation sites is 2. The number of carbonyl (C=O) groups excluding carboxylic acids is 1. The Balaban J connectivity index is 1.60. The highest BCUT2D eigenvalue weighted by molar-refractivity contribution is 6.00. The van der Waals surface area contributed by atoms with Crippen LogP contribution in [0.4, 0.5) is 5.69 Å². The molecule has 148 valence electrons. The van der Waals surface area contributed by atoms with Crippen LogP contribution in [-0.2, 0) is 0 Å². The molecule has 4 heteroatoms. The molecule has 1 atom stereocenters. The number of pyridine rings is 1. The molecular formula is C27H19N3O. The number of allylic oxidation sites excluding steroid dienone is 1. The van der Waals surface area contributed by atoms with Gasteiger partial charge in [-0.3, -0.25) is 4.79 Å². The van der Waals surface area contributed by atoms with Gasteiger partial charge >= 0.3 is 0 Å². The summed E-state index contributed by atoms with van der Waals surface area (Å²) in [5, 5.41) is 11.1. The molecule has 0 radical (unpaired) electrons. The van der Waals surface area contributed by atoms with Crippen molar-refractivity contribution in [1.82, 2.24) is 4.98 Å². The van der Waals surface area contributed by atoms with E-state index < -0.39 is 5.92 Å². The molecule has 3 aromatic carbocycles. The molecule has 0 fully saturated rings. The lowest BCUT2D eigenvalue weighted by atomic mass is 9.86. The van der Waals surface area contributed by atoms with E-state index in [0.29, 0.717) is 5.56 Å². The number of anilines is 1. The summed E-state index contributed by atoms with van der Waals surface area (Å²) in [6.07, 6.45) is 1.91. The van der Waals surface area contributed by atoms with Gasteiger partial charge in [-0.2, -0.15) is 5.26 Å². The topological polar surface area (TPSA) is 57.0 Å². The Labute approximate surface area is 180 Å². The number of rotatable bonds is 4. The maximum Gasteiger partial charge on any atom is 0.182 e. The SMILES string of the molecule is N#CC1C(c2ccc3ccccc3n2)=CN(CC(=O)c2ccccc2)c2ccccc21. The van der Waals surface area contributed by atoms with Crippen molar-refractivity contribution in [3.8, 4) is 6.07 Å². The van der Waals surface area contributed by atoms with Crippen molar-refractivity contribution in [2.45, 2.75) is 5.92 Å². The van der Waals surface area contributed by atoms with Gasteiger partial charge in [0.05, 0.1) is 23.8 Å². The lowest BCUT2D eigenvalue weighted by molar-refractivity contribution is 0.100. The number of nitrogens with zero attached hydrogens (tertiary/aromatic N) is 3. The highest BCUT2D eigenvalue weighted by Crippen LogP contribution is 2.41. The number of carbonyl (C=O) groups is 1. The molecule has 0 amide bonds. The molecule has 2 heterocycles. The minimum absolute atomic E-state index is 0.0212. The quantitative estimate of drug-likeness (QED) is 0.419. The molecule has 5 rings (SSSR count). The van der Waals surface area contributed by atoms with Gasteiger partial charge in [-0.1, -0.05) is 72.8 Å². The molecule has 1 aromatic heterocycles. The first-order chi connectivity index (χ1) is 15.2. The third-order valence-corrected chi connectivity index (χ3v) is 5.60. The number of Topliss-reactive ketones (excluding diaryl/α,β-unsaturated/α-hetero) is 1. The second-order valence-electron chi connectivity index (χ2n) is 7.51. The molecule has 31 heavy (non-hydrogen) atoms. The van der Waals surface area contributed by atoms with Crippen LogP contribution in [0.25, 0.3) is 16.5 Å². The number of fused-ring (bicyclic) bond motifs is 2. The van der Waals surface area contributed by atoms with E-state index in [1.54, 1.807) is 0 Å². The van der Waals surface area contributed by atoms with Gasteiger partial charge < -0.3 is 4.90 Å². The maximum absolute atomic E-state index is 12.9. The van der Waals surface area contributed by atoms with Crippen molar-refractivity contribution >= 4 is 27.9 Å². The van der Waals surface area contributed by atoms with Gasteiger partial charge in [0.25, 0.3) is 0 Å². The Kier molecular flexibility index (Phi) is 4.78. The predicted octanol–water partition coefficient (Wildman–Crippen LogP) is 5.59.